The minimum atomic E-state index is -4.96. The molecule has 594 valence electrons. The van der Waals surface area contributed by atoms with Crippen molar-refractivity contribution in [2.45, 2.75) is 439 Å². The van der Waals surface area contributed by atoms with Crippen LogP contribution in [-0.4, -0.2) is 96.7 Å². The Kier molecular flexibility index (Phi) is 69.9. The Morgan fingerprint density at radius 2 is 0.460 bits per heavy atom. The Hall–Kier alpha value is -1.94. The number of unbranched alkanes of at least 4 members (excludes halogenated alkanes) is 47. The Bertz CT molecular complexity index is 1940. The fraction of sp³-hybridized carbons (Fsp3) is 0.951. The molecule has 0 fully saturated rings. The van der Waals surface area contributed by atoms with Crippen LogP contribution in [0.15, 0.2) is 0 Å². The van der Waals surface area contributed by atoms with E-state index in [0.717, 1.165) is 108 Å². The van der Waals surface area contributed by atoms with E-state index in [2.05, 4.69) is 48.5 Å². The summed E-state index contributed by atoms with van der Waals surface area (Å²) in [6.07, 6.45) is 59.6. The number of phosphoric ester groups is 2. The first-order valence-electron chi connectivity index (χ1n) is 41.8. The van der Waals surface area contributed by atoms with Gasteiger partial charge < -0.3 is 33.8 Å². The summed E-state index contributed by atoms with van der Waals surface area (Å²) >= 11 is 0. The van der Waals surface area contributed by atoms with Gasteiger partial charge >= 0.3 is 39.5 Å². The van der Waals surface area contributed by atoms with Gasteiger partial charge in [0.05, 0.1) is 26.4 Å². The van der Waals surface area contributed by atoms with E-state index in [1.54, 1.807) is 0 Å². The lowest BCUT2D eigenvalue weighted by atomic mass is 10.0. The Morgan fingerprint density at radius 3 is 0.680 bits per heavy atom. The van der Waals surface area contributed by atoms with Crippen molar-refractivity contribution in [1.29, 1.82) is 0 Å². The second kappa shape index (κ2) is 71.3. The van der Waals surface area contributed by atoms with Gasteiger partial charge in [-0.25, -0.2) is 9.13 Å². The Labute approximate surface area is 613 Å². The van der Waals surface area contributed by atoms with Gasteiger partial charge in [-0.1, -0.05) is 370 Å². The van der Waals surface area contributed by atoms with Crippen LogP contribution in [0.5, 0.6) is 0 Å². The molecule has 19 heteroatoms. The normalized spacial score (nSPS) is 14.0. The number of hydrogen-bond acceptors (Lipinski definition) is 15. The van der Waals surface area contributed by atoms with Crippen molar-refractivity contribution in [1.82, 2.24) is 0 Å². The maximum atomic E-state index is 13.1. The molecular formula is C81H158O17P2. The third kappa shape index (κ3) is 74.3. The zero-order valence-corrected chi connectivity index (χ0v) is 67.5. The van der Waals surface area contributed by atoms with Crippen molar-refractivity contribution < 1.29 is 80.2 Å². The smallest absolute Gasteiger partial charge is 0.462 e. The van der Waals surface area contributed by atoms with Gasteiger partial charge in [0.2, 0.25) is 0 Å². The van der Waals surface area contributed by atoms with Gasteiger partial charge in [0, 0.05) is 25.7 Å². The van der Waals surface area contributed by atoms with Crippen molar-refractivity contribution >= 4 is 39.5 Å². The van der Waals surface area contributed by atoms with Gasteiger partial charge in [0.15, 0.2) is 12.2 Å². The van der Waals surface area contributed by atoms with Crippen LogP contribution in [0.25, 0.3) is 0 Å². The van der Waals surface area contributed by atoms with Crippen LogP contribution in [-0.2, 0) is 65.4 Å². The van der Waals surface area contributed by atoms with Crippen molar-refractivity contribution in [3.8, 4) is 0 Å². The predicted octanol–water partition coefficient (Wildman–Crippen LogP) is 24.1. The summed E-state index contributed by atoms with van der Waals surface area (Å²) < 4.78 is 68.7. The Balaban J connectivity index is 5.24. The molecule has 0 aliphatic rings. The first kappa shape index (κ1) is 98.1. The summed E-state index contributed by atoms with van der Waals surface area (Å²) in [6.45, 7) is 12.0. The van der Waals surface area contributed by atoms with Crippen LogP contribution in [0.1, 0.15) is 421 Å². The standard InChI is InChI=1S/C81H158O17P2/c1-8-9-10-11-12-13-34-41-48-55-62-78(83)91-68-76(98-81(86)65-58-51-44-37-30-24-27-33-40-47-54-61-74(6)7)70-95-99(87,88)93-66-75(82)67-94-100(89,90)96-71-77(69-92-79(84)63-56-49-42-35-28-22-19-18-21-26-32-39-46-53-60-73(4)5)97-80(85)64-57-50-43-36-29-23-17-15-14-16-20-25-31-38-45-52-59-72(2)3/h72-77,82H,8-71H2,1-7H3,(H,87,88)(H,89,90)/t75-,76+,77+/m0/s1. The van der Waals surface area contributed by atoms with Gasteiger partial charge in [-0.3, -0.25) is 37.3 Å². The van der Waals surface area contributed by atoms with Crippen LogP contribution in [0.4, 0.5) is 0 Å². The maximum absolute atomic E-state index is 13.1. The van der Waals surface area contributed by atoms with Gasteiger partial charge in [0.25, 0.3) is 0 Å². The quantitative estimate of drug-likeness (QED) is 0.0222. The van der Waals surface area contributed by atoms with Crippen LogP contribution in [0.3, 0.4) is 0 Å². The van der Waals surface area contributed by atoms with Crippen molar-refractivity contribution in [3.05, 3.63) is 0 Å². The summed E-state index contributed by atoms with van der Waals surface area (Å²) in [6, 6.07) is 0. The summed E-state index contributed by atoms with van der Waals surface area (Å²) in [5.74, 6) is 0.264. The highest BCUT2D eigenvalue weighted by molar-refractivity contribution is 7.47. The van der Waals surface area contributed by atoms with Crippen LogP contribution >= 0.6 is 15.6 Å². The number of ether oxygens (including phenoxy) is 4. The minimum absolute atomic E-state index is 0.107. The molecule has 0 aromatic rings. The largest absolute Gasteiger partial charge is 0.472 e. The molecule has 0 amide bonds. The summed E-state index contributed by atoms with van der Waals surface area (Å²) in [7, 11) is -9.92. The average molecular weight is 1470 g/mol. The fourth-order valence-corrected chi connectivity index (χ4v) is 14.1. The lowest BCUT2D eigenvalue weighted by Crippen LogP contribution is -2.30. The number of carbonyl (C=O) groups excluding carboxylic acids is 4. The molecule has 0 saturated heterocycles. The monoisotopic (exact) mass is 1470 g/mol. The van der Waals surface area contributed by atoms with E-state index in [4.69, 9.17) is 37.0 Å². The van der Waals surface area contributed by atoms with Crippen molar-refractivity contribution in [2.75, 3.05) is 39.6 Å². The summed E-state index contributed by atoms with van der Waals surface area (Å²) in [5.41, 5.74) is 0. The first-order chi connectivity index (χ1) is 48.2. The summed E-state index contributed by atoms with van der Waals surface area (Å²) in [4.78, 5) is 73.0. The first-order valence-corrected chi connectivity index (χ1v) is 44.8. The van der Waals surface area contributed by atoms with Crippen LogP contribution < -0.4 is 0 Å². The average Bonchev–Trinajstić information content (AvgIpc) is 0.917. The van der Waals surface area contributed by atoms with Crippen molar-refractivity contribution in [3.63, 3.8) is 0 Å². The Morgan fingerprint density at radius 1 is 0.270 bits per heavy atom. The number of phosphoric acid groups is 2. The molecule has 100 heavy (non-hydrogen) atoms. The predicted molar refractivity (Wildman–Crippen MR) is 409 cm³/mol. The van der Waals surface area contributed by atoms with E-state index in [-0.39, 0.29) is 25.7 Å². The second-order valence-corrected chi connectivity index (χ2v) is 33.5. The van der Waals surface area contributed by atoms with E-state index in [9.17, 15) is 43.2 Å². The molecule has 0 aliphatic carbocycles. The second-order valence-electron chi connectivity index (χ2n) is 30.6. The zero-order valence-electron chi connectivity index (χ0n) is 65.7. The van der Waals surface area contributed by atoms with Gasteiger partial charge in [-0.05, 0) is 43.4 Å². The molecule has 0 heterocycles. The number of rotatable bonds is 79. The lowest BCUT2D eigenvalue weighted by Gasteiger charge is -2.21. The molecule has 0 aliphatic heterocycles. The number of aliphatic hydroxyl groups excluding tert-OH is 1. The van der Waals surface area contributed by atoms with Crippen LogP contribution in [0, 0.1) is 17.8 Å². The molecule has 5 atom stereocenters. The molecule has 0 radical (unpaired) electrons. The zero-order chi connectivity index (χ0) is 73.7. The number of esters is 4. The topological polar surface area (TPSA) is 237 Å². The third-order valence-electron chi connectivity index (χ3n) is 18.9. The highest BCUT2D eigenvalue weighted by Crippen LogP contribution is 2.45. The van der Waals surface area contributed by atoms with E-state index in [0.29, 0.717) is 25.7 Å². The molecule has 0 rings (SSSR count). The van der Waals surface area contributed by atoms with E-state index >= 15 is 0 Å². The third-order valence-corrected chi connectivity index (χ3v) is 20.8. The van der Waals surface area contributed by atoms with E-state index in [1.165, 1.54) is 231 Å². The molecule has 0 spiro atoms. The number of aliphatic hydroxyl groups is 1. The highest BCUT2D eigenvalue weighted by Gasteiger charge is 2.30. The lowest BCUT2D eigenvalue weighted by molar-refractivity contribution is -0.161. The van der Waals surface area contributed by atoms with E-state index < -0.39 is 97.5 Å². The number of carbonyl (C=O) groups is 4. The SMILES string of the molecule is CCCCCCCCCCCCC(=O)OC[C@H](COP(=O)(O)OC[C@H](O)COP(=O)(O)OC[C@@H](COC(=O)CCCCCCCCCCCCCCCCC(C)C)OC(=O)CCCCCCCCCCCCCCCCCCC(C)C)OC(=O)CCCCCCCCCCCCCC(C)C. The highest BCUT2D eigenvalue weighted by atomic mass is 31.2. The van der Waals surface area contributed by atoms with E-state index in [1.807, 2.05) is 0 Å². The fourth-order valence-electron chi connectivity index (χ4n) is 12.5. The van der Waals surface area contributed by atoms with Crippen LogP contribution in [0.2, 0.25) is 0 Å². The van der Waals surface area contributed by atoms with Gasteiger partial charge in [-0.2, -0.15) is 0 Å². The molecule has 0 aromatic carbocycles. The molecule has 3 N–H and O–H groups in total. The molecule has 0 aromatic heterocycles. The van der Waals surface area contributed by atoms with Crippen molar-refractivity contribution in [2.24, 2.45) is 17.8 Å². The molecular weight excluding hydrogens is 1310 g/mol. The summed E-state index contributed by atoms with van der Waals surface area (Å²) in [5, 5.41) is 10.6. The maximum Gasteiger partial charge on any atom is 0.472 e. The minimum Gasteiger partial charge on any atom is -0.462 e. The molecule has 0 bridgehead atoms. The molecule has 17 nitrogen and oxygen atoms in total. The van der Waals surface area contributed by atoms with Gasteiger partial charge in [-0.15, -0.1) is 0 Å². The van der Waals surface area contributed by atoms with Gasteiger partial charge in [0.1, 0.15) is 19.3 Å². The molecule has 2 unspecified atom stereocenters. The molecule has 0 saturated carbocycles. The number of hydrogen-bond donors (Lipinski definition) is 3.